The highest BCUT2D eigenvalue weighted by molar-refractivity contribution is 5.38. The predicted molar refractivity (Wildman–Crippen MR) is 53.9 cm³/mol. The van der Waals surface area contributed by atoms with E-state index >= 15 is 0 Å². The second-order valence-electron chi connectivity index (χ2n) is 4.12. The van der Waals surface area contributed by atoms with E-state index in [0.717, 1.165) is 16.7 Å². The number of nitrogens with zero attached hydrogens (tertiary/aromatic N) is 1. The monoisotopic (exact) mass is 223 g/mol. The molecule has 0 bridgehead atoms. The summed E-state index contributed by atoms with van der Waals surface area (Å²) in [5.74, 6) is 0.714. The van der Waals surface area contributed by atoms with Gasteiger partial charge in [-0.3, -0.25) is 0 Å². The molecule has 1 atom stereocenters. The van der Waals surface area contributed by atoms with Crippen molar-refractivity contribution in [2.45, 2.75) is 18.6 Å². The molecule has 1 unspecified atom stereocenters. The molecule has 2 aliphatic heterocycles. The number of aromatic nitrogens is 1. The van der Waals surface area contributed by atoms with Gasteiger partial charge in [-0.25, -0.2) is 0 Å². The molecule has 86 valence electrons. The van der Waals surface area contributed by atoms with E-state index in [4.69, 9.17) is 14.2 Å². The van der Waals surface area contributed by atoms with Crippen LogP contribution in [-0.2, 0) is 21.7 Å². The molecule has 0 aliphatic carbocycles. The van der Waals surface area contributed by atoms with Crippen LogP contribution in [0.3, 0.4) is 0 Å². The minimum atomic E-state index is -0.550. The average Bonchev–Trinajstić information content (AvgIpc) is 2.90. The lowest BCUT2D eigenvalue weighted by molar-refractivity contribution is -0.621. The summed E-state index contributed by atoms with van der Waals surface area (Å²) < 4.78 is 17.2. The normalized spacial score (nSPS) is 27.3. The van der Waals surface area contributed by atoms with Crippen LogP contribution in [0.4, 0.5) is 0 Å². The van der Waals surface area contributed by atoms with Crippen LogP contribution in [0.15, 0.2) is 12.3 Å². The van der Waals surface area contributed by atoms with E-state index in [2.05, 4.69) is 0 Å². The number of hydrogen-bond acceptors (Lipinski definition) is 4. The van der Waals surface area contributed by atoms with Gasteiger partial charge >= 0.3 is 0 Å². The molecule has 5 heteroatoms. The highest BCUT2D eigenvalue weighted by Crippen LogP contribution is 2.43. The summed E-state index contributed by atoms with van der Waals surface area (Å²) >= 11 is 0. The molecule has 0 N–H and O–H groups in total. The summed E-state index contributed by atoms with van der Waals surface area (Å²) in [6, 6.07) is 1.67. The molecule has 1 saturated heterocycles. The number of hydrogen-bond donors (Lipinski definition) is 0. The molecule has 0 saturated carbocycles. The lowest BCUT2D eigenvalue weighted by Crippen LogP contribution is -2.41. The van der Waals surface area contributed by atoms with E-state index in [1.807, 2.05) is 0 Å². The summed E-state index contributed by atoms with van der Waals surface area (Å²) in [5, 5.41) is 11.9. The Hall–Kier alpha value is -1.33. The van der Waals surface area contributed by atoms with Crippen molar-refractivity contribution < 1.29 is 18.9 Å². The Kier molecular flexibility index (Phi) is 2.05. The van der Waals surface area contributed by atoms with Gasteiger partial charge in [-0.05, 0) is 0 Å². The van der Waals surface area contributed by atoms with Crippen LogP contribution in [-0.4, -0.2) is 20.3 Å². The molecule has 2 aliphatic rings. The average molecular weight is 223 g/mol. The molecule has 1 aromatic rings. The van der Waals surface area contributed by atoms with Crippen LogP contribution in [0.2, 0.25) is 0 Å². The molecule has 1 aromatic heterocycles. The SMILES string of the molecule is COc1cc[n+]([O-])c2c1COC21CCOC1. The van der Waals surface area contributed by atoms with Gasteiger partial charge in [0.2, 0.25) is 5.69 Å². The van der Waals surface area contributed by atoms with Crippen molar-refractivity contribution in [3.8, 4) is 5.75 Å². The van der Waals surface area contributed by atoms with E-state index in [1.165, 1.54) is 6.20 Å². The fourth-order valence-electron chi connectivity index (χ4n) is 2.49. The zero-order valence-corrected chi connectivity index (χ0v) is 9.06. The Morgan fingerprint density at radius 3 is 3.12 bits per heavy atom. The van der Waals surface area contributed by atoms with Gasteiger partial charge in [0.15, 0.2) is 11.8 Å². The lowest BCUT2D eigenvalue weighted by Gasteiger charge is -2.19. The molecule has 3 heterocycles. The van der Waals surface area contributed by atoms with Crippen LogP contribution >= 0.6 is 0 Å². The molecule has 0 amide bonds. The number of pyridine rings is 1. The third-order valence-electron chi connectivity index (χ3n) is 3.29. The molecular formula is C11H13NO4. The van der Waals surface area contributed by atoms with E-state index in [9.17, 15) is 5.21 Å². The van der Waals surface area contributed by atoms with Crippen LogP contribution in [0.25, 0.3) is 0 Å². The van der Waals surface area contributed by atoms with Gasteiger partial charge in [-0.1, -0.05) is 0 Å². The van der Waals surface area contributed by atoms with Gasteiger partial charge in [0.1, 0.15) is 5.75 Å². The summed E-state index contributed by atoms with van der Waals surface area (Å²) in [4.78, 5) is 0. The number of methoxy groups -OCH3 is 1. The zero-order valence-electron chi connectivity index (χ0n) is 9.06. The van der Waals surface area contributed by atoms with Gasteiger partial charge in [-0.15, -0.1) is 0 Å². The van der Waals surface area contributed by atoms with Gasteiger partial charge in [0, 0.05) is 12.5 Å². The van der Waals surface area contributed by atoms with Crippen LogP contribution in [0, 0.1) is 5.21 Å². The van der Waals surface area contributed by atoms with Crippen molar-refractivity contribution in [3.05, 3.63) is 28.7 Å². The molecular weight excluding hydrogens is 210 g/mol. The Morgan fingerprint density at radius 2 is 2.44 bits per heavy atom. The number of rotatable bonds is 1. The standard InChI is InChI=1S/C11H13NO4/c1-14-9-2-4-12(13)10-8(9)6-16-11(10)3-5-15-7-11/h2,4H,3,5-7H2,1H3. The Balaban J connectivity index is 2.17. The molecule has 5 nitrogen and oxygen atoms in total. The van der Waals surface area contributed by atoms with E-state index in [0.29, 0.717) is 31.3 Å². The minimum absolute atomic E-state index is 0.422. The van der Waals surface area contributed by atoms with Crippen molar-refractivity contribution in [1.29, 1.82) is 0 Å². The van der Waals surface area contributed by atoms with E-state index in [1.54, 1.807) is 13.2 Å². The van der Waals surface area contributed by atoms with Crippen molar-refractivity contribution in [2.75, 3.05) is 20.3 Å². The van der Waals surface area contributed by atoms with E-state index in [-0.39, 0.29) is 0 Å². The third kappa shape index (κ3) is 1.15. The first kappa shape index (κ1) is 9.86. The fourth-order valence-corrected chi connectivity index (χ4v) is 2.49. The second kappa shape index (κ2) is 3.33. The topological polar surface area (TPSA) is 54.6 Å². The molecule has 0 radical (unpaired) electrons. The van der Waals surface area contributed by atoms with Crippen molar-refractivity contribution >= 4 is 0 Å². The Labute approximate surface area is 93.1 Å². The zero-order chi connectivity index (χ0) is 11.2. The second-order valence-corrected chi connectivity index (χ2v) is 4.12. The van der Waals surface area contributed by atoms with Gasteiger partial charge in [0.25, 0.3) is 0 Å². The minimum Gasteiger partial charge on any atom is -0.618 e. The lowest BCUT2D eigenvalue weighted by atomic mass is 9.96. The summed E-state index contributed by atoms with van der Waals surface area (Å²) in [5.41, 5.74) is 0.959. The molecule has 1 fully saturated rings. The largest absolute Gasteiger partial charge is 0.618 e. The Morgan fingerprint density at radius 1 is 1.56 bits per heavy atom. The van der Waals surface area contributed by atoms with Crippen LogP contribution in [0.1, 0.15) is 17.7 Å². The van der Waals surface area contributed by atoms with Crippen molar-refractivity contribution in [1.82, 2.24) is 0 Å². The first-order chi connectivity index (χ1) is 7.77. The number of fused-ring (bicyclic) bond motifs is 2. The van der Waals surface area contributed by atoms with Gasteiger partial charge < -0.3 is 19.4 Å². The fraction of sp³-hybridized carbons (Fsp3) is 0.545. The third-order valence-corrected chi connectivity index (χ3v) is 3.29. The smallest absolute Gasteiger partial charge is 0.236 e. The maximum absolute atomic E-state index is 11.9. The van der Waals surface area contributed by atoms with Gasteiger partial charge in [0.05, 0.1) is 32.5 Å². The highest BCUT2D eigenvalue weighted by atomic mass is 16.6. The Bertz CT molecular complexity index is 426. The van der Waals surface area contributed by atoms with Crippen molar-refractivity contribution in [2.24, 2.45) is 0 Å². The van der Waals surface area contributed by atoms with Gasteiger partial charge in [-0.2, -0.15) is 4.73 Å². The first-order valence-electron chi connectivity index (χ1n) is 5.28. The van der Waals surface area contributed by atoms with Crippen molar-refractivity contribution in [3.63, 3.8) is 0 Å². The number of ether oxygens (including phenoxy) is 3. The van der Waals surface area contributed by atoms with Crippen LogP contribution < -0.4 is 9.47 Å². The summed E-state index contributed by atoms with van der Waals surface area (Å²) in [7, 11) is 1.60. The predicted octanol–water partition coefficient (Wildman–Crippen LogP) is 0.474. The quantitative estimate of drug-likeness (QED) is 0.513. The molecule has 3 rings (SSSR count). The highest BCUT2D eigenvalue weighted by Gasteiger charge is 2.51. The molecule has 16 heavy (non-hydrogen) atoms. The first-order valence-corrected chi connectivity index (χ1v) is 5.28. The van der Waals surface area contributed by atoms with E-state index < -0.39 is 5.60 Å². The molecule has 1 spiro atoms. The molecule has 0 aromatic carbocycles. The maximum Gasteiger partial charge on any atom is 0.236 e. The summed E-state index contributed by atoms with van der Waals surface area (Å²) in [6.45, 7) is 1.51. The summed E-state index contributed by atoms with van der Waals surface area (Å²) in [6.07, 6.45) is 2.20. The maximum atomic E-state index is 11.9. The van der Waals surface area contributed by atoms with Crippen LogP contribution in [0.5, 0.6) is 5.75 Å².